The van der Waals surface area contributed by atoms with Crippen molar-refractivity contribution in [3.8, 4) is 0 Å². The average Bonchev–Trinajstić information content (AvgIpc) is 2.59. The van der Waals surface area contributed by atoms with Crippen LogP contribution in [0.1, 0.15) is 52.0 Å². The molecule has 2 heterocycles. The Balaban J connectivity index is 1.51. The van der Waals surface area contributed by atoms with E-state index in [9.17, 15) is 9.90 Å². The highest BCUT2D eigenvalue weighted by molar-refractivity contribution is 7.98. The van der Waals surface area contributed by atoms with Crippen molar-refractivity contribution < 1.29 is 14.6 Å². The summed E-state index contributed by atoms with van der Waals surface area (Å²) in [5, 5.41) is 13.7. The lowest BCUT2D eigenvalue weighted by Gasteiger charge is -2.52. The van der Waals surface area contributed by atoms with Crippen LogP contribution >= 0.6 is 11.8 Å². The van der Waals surface area contributed by atoms with Crippen molar-refractivity contribution in [3.05, 3.63) is 11.8 Å². The molecule has 1 aliphatic heterocycles. The third kappa shape index (κ3) is 4.85. The number of ether oxygens (including phenoxy) is 1. The van der Waals surface area contributed by atoms with E-state index in [4.69, 9.17) is 4.74 Å². The second kappa shape index (κ2) is 7.83. The summed E-state index contributed by atoms with van der Waals surface area (Å²) in [6, 6.07) is 0.355. The number of nitrogens with zero attached hydrogens (tertiary/aromatic N) is 3. The third-order valence-corrected chi connectivity index (χ3v) is 5.93. The average molecular weight is 395 g/mol. The molecule has 0 unspecified atom stereocenters. The van der Waals surface area contributed by atoms with Crippen molar-refractivity contribution in [2.75, 3.05) is 24.7 Å². The first-order chi connectivity index (χ1) is 12.7. The number of carbonyl (C=O) groups is 1. The summed E-state index contributed by atoms with van der Waals surface area (Å²) < 4.78 is 5.48. The topological polar surface area (TPSA) is 87.6 Å². The maximum atomic E-state index is 12.2. The van der Waals surface area contributed by atoms with E-state index in [0.717, 1.165) is 50.2 Å². The molecular weight excluding hydrogens is 364 g/mol. The van der Waals surface area contributed by atoms with Crippen molar-refractivity contribution in [2.45, 2.75) is 69.9 Å². The highest BCUT2D eigenvalue weighted by Crippen LogP contribution is 2.50. The Morgan fingerprint density at radius 3 is 2.63 bits per heavy atom. The minimum atomic E-state index is -0.449. The fraction of sp³-hybridized carbons (Fsp3) is 0.737. The molecule has 1 aromatic heterocycles. The van der Waals surface area contributed by atoms with Gasteiger partial charge in [-0.25, -0.2) is 14.8 Å². The van der Waals surface area contributed by atoms with Crippen LogP contribution in [0.15, 0.2) is 11.4 Å². The summed E-state index contributed by atoms with van der Waals surface area (Å²) in [6.07, 6.45) is 7.58. The predicted octanol–water partition coefficient (Wildman–Crippen LogP) is 3.28. The summed E-state index contributed by atoms with van der Waals surface area (Å²) in [5.74, 6) is 0.739. The zero-order chi connectivity index (χ0) is 19.7. The van der Waals surface area contributed by atoms with E-state index in [2.05, 4.69) is 15.3 Å². The van der Waals surface area contributed by atoms with E-state index in [1.54, 1.807) is 6.20 Å². The molecule has 3 rings (SSSR count). The molecule has 27 heavy (non-hydrogen) atoms. The molecule has 2 aliphatic rings. The highest BCUT2D eigenvalue weighted by atomic mass is 32.2. The van der Waals surface area contributed by atoms with E-state index < -0.39 is 5.60 Å². The molecule has 2 fully saturated rings. The fourth-order valence-corrected chi connectivity index (χ4v) is 4.25. The van der Waals surface area contributed by atoms with Crippen molar-refractivity contribution >= 4 is 23.7 Å². The van der Waals surface area contributed by atoms with Gasteiger partial charge in [-0.1, -0.05) is 11.8 Å². The standard InChI is InChI=1S/C19H30N4O3S/c1-18(2,3)26-17(25)23-7-5-19(6-8-23)9-14(10-19)21-15-13(12-24)11-20-16(22-15)27-4/h11,14,24H,5-10,12H2,1-4H3,(H,20,21,22). The van der Waals surface area contributed by atoms with Gasteiger partial charge in [0, 0.05) is 30.9 Å². The van der Waals surface area contributed by atoms with Gasteiger partial charge in [0.2, 0.25) is 0 Å². The quantitative estimate of drug-likeness (QED) is 0.598. The molecule has 1 saturated heterocycles. The van der Waals surface area contributed by atoms with Gasteiger partial charge in [-0.3, -0.25) is 0 Å². The number of thioether (sulfide) groups is 1. The molecule has 7 nitrogen and oxygen atoms in total. The van der Waals surface area contributed by atoms with Crippen molar-refractivity contribution in [2.24, 2.45) is 5.41 Å². The summed E-state index contributed by atoms with van der Waals surface area (Å²) in [7, 11) is 0. The van der Waals surface area contributed by atoms with Crippen molar-refractivity contribution in [1.29, 1.82) is 0 Å². The summed E-state index contributed by atoms with van der Waals surface area (Å²) in [5.41, 5.74) is 0.591. The van der Waals surface area contributed by atoms with Crippen LogP contribution in [0.25, 0.3) is 0 Å². The van der Waals surface area contributed by atoms with Crippen LogP contribution in [-0.4, -0.2) is 57.1 Å². The van der Waals surface area contributed by atoms with Gasteiger partial charge < -0.3 is 20.1 Å². The minimum absolute atomic E-state index is 0.0697. The molecule has 0 aromatic carbocycles. The SMILES string of the molecule is CSc1ncc(CO)c(NC2CC3(CCN(C(=O)OC(C)(C)C)CC3)C2)n1. The number of anilines is 1. The second-order valence-electron chi connectivity index (χ2n) is 8.61. The van der Waals surface area contributed by atoms with Gasteiger partial charge in [0.05, 0.1) is 6.61 Å². The van der Waals surface area contributed by atoms with Crippen LogP contribution in [0.3, 0.4) is 0 Å². The molecule has 0 radical (unpaired) electrons. The van der Waals surface area contributed by atoms with Crippen LogP contribution in [0, 0.1) is 5.41 Å². The first-order valence-corrected chi connectivity index (χ1v) is 10.7. The number of likely N-dealkylation sites (tertiary alicyclic amines) is 1. The van der Waals surface area contributed by atoms with Crippen LogP contribution in [-0.2, 0) is 11.3 Å². The first-order valence-electron chi connectivity index (χ1n) is 9.49. The number of hydrogen-bond donors (Lipinski definition) is 2. The Bertz CT molecular complexity index is 676. The van der Waals surface area contributed by atoms with Crippen molar-refractivity contribution in [1.82, 2.24) is 14.9 Å². The van der Waals surface area contributed by atoms with Gasteiger partial charge in [0.15, 0.2) is 5.16 Å². The molecule has 0 bridgehead atoms. The number of piperidine rings is 1. The molecule has 1 spiro atoms. The number of aromatic nitrogens is 2. The molecular formula is C19H30N4O3S. The van der Waals surface area contributed by atoms with Gasteiger partial charge in [0.25, 0.3) is 0 Å². The second-order valence-corrected chi connectivity index (χ2v) is 9.38. The normalized spacial score (nSPS) is 19.7. The lowest BCUT2D eigenvalue weighted by molar-refractivity contribution is -0.00864. The Morgan fingerprint density at radius 2 is 2.07 bits per heavy atom. The number of nitrogens with one attached hydrogen (secondary N) is 1. The first kappa shape index (κ1) is 20.2. The zero-order valence-electron chi connectivity index (χ0n) is 16.6. The number of hydrogen-bond acceptors (Lipinski definition) is 7. The number of rotatable bonds is 4. The highest BCUT2D eigenvalue weighted by Gasteiger charge is 2.47. The van der Waals surface area contributed by atoms with Crippen molar-refractivity contribution in [3.63, 3.8) is 0 Å². The Hall–Kier alpha value is -1.54. The van der Waals surface area contributed by atoms with E-state index in [1.807, 2.05) is 31.9 Å². The van der Waals surface area contributed by atoms with E-state index in [-0.39, 0.29) is 12.7 Å². The predicted molar refractivity (Wildman–Crippen MR) is 106 cm³/mol. The molecule has 2 N–H and O–H groups in total. The van der Waals surface area contributed by atoms with Crippen LogP contribution in [0.4, 0.5) is 10.6 Å². The van der Waals surface area contributed by atoms with Crippen LogP contribution in [0.2, 0.25) is 0 Å². The Morgan fingerprint density at radius 1 is 1.41 bits per heavy atom. The lowest BCUT2D eigenvalue weighted by atomic mass is 9.60. The molecule has 1 saturated carbocycles. The van der Waals surface area contributed by atoms with Gasteiger partial charge in [-0.2, -0.15) is 0 Å². The zero-order valence-corrected chi connectivity index (χ0v) is 17.4. The van der Waals surface area contributed by atoms with Crippen LogP contribution < -0.4 is 5.32 Å². The van der Waals surface area contributed by atoms with Gasteiger partial charge in [-0.05, 0) is 58.1 Å². The van der Waals surface area contributed by atoms with E-state index >= 15 is 0 Å². The third-order valence-electron chi connectivity index (χ3n) is 5.37. The maximum absolute atomic E-state index is 12.2. The number of amides is 1. The monoisotopic (exact) mass is 394 g/mol. The minimum Gasteiger partial charge on any atom is -0.444 e. The fourth-order valence-electron chi connectivity index (χ4n) is 3.91. The molecule has 8 heteroatoms. The van der Waals surface area contributed by atoms with Gasteiger partial charge in [0.1, 0.15) is 11.4 Å². The Labute approximate surface area is 165 Å². The molecule has 0 atom stereocenters. The molecule has 1 amide bonds. The summed E-state index contributed by atoms with van der Waals surface area (Å²) >= 11 is 1.49. The lowest BCUT2D eigenvalue weighted by Crippen LogP contribution is -2.53. The van der Waals surface area contributed by atoms with Gasteiger partial charge >= 0.3 is 6.09 Å². The number of aliphatic hydroxyl groups excluding tert-OH is 1. The largest absolute Gasteiger partial charge is 0.444 e. The van der Waals surface area contributed by atoms with E-state index in [1.165, 1.54) is 11.8 Å². The van der Waals surface area contributed by atoms with E-state index in [0.29, 0.717) is 16.6 Å². The van der Waals surface area contributed by atoms with Gasteiger partial charge in [-0.15, -0.1) is 0 Å². The number of carbonyl (C=O) groups excluding carboxylic acids is 1. The molecule has 1 aromatic rings. The number of aliphatic hydroxyl groups is 1. The summed E-state index contributed by atoms with van der Waals surface area (Å²) in [6.45, 7) is 7.14. The Kier molecular flexibility index (Phi) is 5.86. The molecule has 1 aliphatic carbocycles. The molecule has 150 valence electrons. The maximum Gasteiger partial charge on any atom is 0.410 e. The summed E-state index contributed by atoms with van der Waals surface area (Å²) in [4.78, 5) is 22.8. The van der Waals surface area contributed by atoms with Crippen LogP contribution in [0.5, 0.6) is 0 Å². The smallest absolute Gasteiger partial charge is 0.410 e.